The van der Waals surface area contributed by atoms with Crippen molar-refractivity contribution in [2.24, 2.45) is 11.8 Å². The highest BCUT2D eigenvalue weighted by Crippen LogP contribution is 2.16. The second-order valence-corrected chi connectivity index (χ2v) is 3.74. The molecule has 0 aliphatic carbocycles. The van der Waals surface area contributed by atoms with Crippen molar-refractivity contribution in [2.75, 3.05) is 0 Å². The monoisotopic (exact) mass is 151 g/mol. The van der Waals surface area contributed by atoms with E-state index in [4.69, 9.17) is 0 Å². The minimum atomic E-state index is 0.808. The summed E-state index contributed by atoms with van der Waals surface area (Å²) in [6.45, 7) is 7.00. The van der Waals surface area contributed by atoms with E-state index in [1.807, 2.05) is 0 Å². The molecule has 0 fully saturated rings. The first-order valence-corrected chi connectivity index (χ1v) is 4.32. The van der Waals surface area contributed by atoms with Crippen LogP contribution in [0, 0.1) is 11.8 Å². The molecule has 2 rings (SSSR count). The SMILES string of the molecule is CC(C)C1Cn2ccc[n+]2C1. The number of fused-ring (bicyclic) bond motifs is 1. The van der Waals surface area contributed by atoms with Gasteiger partial charge in [-0.25, -0.2) is 0 Å². The van der Waals surface area contributed by atoms with E-state index in [-0.39, 0.29) is 0 Å². The van der Waals surface area contributed by atoms with E-state index in [2.05, 4.69) is 41.7 Å². The normalized spacial score (nSPS) is 22.6. The molecule has 0 saturated carbocycles. The molecule has 2 nitrogen and oxygen atoms in total. The molecule has 60 valence electrons. The van der Waals surface area contributed by atoms with Gasteiger partial charge in [0, 0.05) is 12.0 Å². The summed E-state index contributed by atoms with van der Waals surface area (Å²) in [6.07, 6.45) is 4.31. The van der Waals surface area contributed by atoms with Crippen molar-refractivity contribution in [3.05, 3.63) is 18.5 Å². The van der Waals surface area contributed by atoms with Crippen molar-refractivity contribution >= 4 is 0 Å². The summed E-state index contributed by atoms with van der Waals surface area (Å²) in [5.41, 5.74) is 0. The first-order chi connectivity index (χ1) is 5.27. The molecule has 0 aromatic carbocycles. The molecule has 11 heavy (non-hydrogen) atoms. The Hall–Kier alpha value is -0.790. The highest BCUT2D eigenvalue weighted by Gasteiger charge is 2.28. The minimum Gasteiger partial charge on any atom is -0.160 e. The van der Waals surface area contributed by atoms with E-state index in [0.29, 0.717) is 0 Å². The Morgan fingerprint density at radius 3 is 3.00 bits per heavy atom. The molecule has 0 N–H and O–H groups in total. The van der Waals surface area contributed by atoms with Crippen LogP contribution in [0.25, 0.3) is 0 Å². The average molecular weight is 151 g/mol. The molecule has 0 saturated heterocycles. The Morgan fingerprint density at radius 1 is 1.55 bits per heavy atom. The summed E-state index contributed by atoms with van der Waals surface area (Å²) in [5, 5.41) is 0. The summed E-state index contributed by atoms with van der Waals surface area (Å²) in [6, 6.07) is 2.11. The van der Waals surface area contributed by atoms with Crippen LogP contribution in [0.15, 0.2) is 18.5 Å². The topological polar surface area (TPSA) is 8.81 Å². The molecule has 1 aliphatic rings. The molecule has 2 heterocycles. The smallest absolute Gasteiger partial charge is 0.160 e. The Labute approximate surface area is 67.4 Å². The number of rotatable bonds is 1. The van der Waals surface area contributed by atoms with Crippen molar-refractivity contribution in [2.45, 2.75) is 26.9 Å². The van der Waals surface area contributed by atoms with Gasteiger partial charge >= 0.3 is 0 Å². The Balaban J connectivity index is 2.16. The lowest BCUT2D eigenvalue weighted by atomic mass is 9.97. The van der Waals surface area contributed by atoms with Gasteiger partial charge < -0.3 is 0 Å². The summed E-state index contributed by atoms with van der Waals surface area (Å²) in [4.78, 5) is 0. The van der Waals surface area contributed by atoms with Crippen LogP contribution in [0.3, 0.4) is 0 Å². The highest BCUT2D eigenvalue weighted by molar-refractivity contribution is 4.75. The van der Waals surface area contributed by atoms with E-state index >= 15 is 0 Å². The van der Waals surface area contributed by atoms with Crippen molar-refractivity contribution in [3.8, 4) is 0 Å². The number of aromatic nitrogens is 2. The predicted octanol–water partition coefficient (Wildman–Crippen LogP) is 1.06. The Bertz CT molecular complexity index is 229. The van der Waals surface area contributed by atoms with Gasteiger partial charge in [-0.05, 0) is 5.92 Å². The van der Waals surface area contributed by atoms with Crippen molar-refractivity contribution < 1.29 is 4.68 Å². The van der Waals surface area contributed by atoms with Crippen LogP contribution >= 0.6 is 0 Å². The fourth-order valence-electron chi connectivity index (χ4n) is 1.70. The van der Waals surface area contributed by atoms with Crippen LogP contribution in [0.5, 0.6) is 0 Å². The molecule has 0 spiro atoms. The molecule has 1 aromatic rings. The molecule has 0 unspecified atom stereocenters. The van der Waals surface area contributed by atoms with Gasteiger partial charge in [0.2, 0.25) is 0 Å². The van der Waals surface area contributed by atoms with Crippen molar-refractivity contribution in [3.63, 3.8) is 0 Å². The molecule has 0 bridgehead atoms. The van der Waals surface area contributed by atoms with Gasteiger partial charge in [0.15, 0.2) is 12.7 Å². The highest BCUT2D eigenvalue weighted by atomic mass is 15.4. The van der Waals surface area contributed by atoms with E-state index in [0.717, 1.165) is 11.8 Å². The van der Waals surface area contributed by atoms with Gasteiger partial charge in [0.25, 0.3) is 0 Å². The van der Waals surface area contributed by atoms with Gasteiger partial charge in [-0.15, -0.1) is 4.68 Å². The third-order valence-corrected chi connectivity index (χ3v) is 2.63. The number of hydrogen-bond donors (Lipinski definition) is 0. The Kier molecular flexibility index (Phi) is 1.48. The third-order valence-electron chi connectivity index (χ3n) is 2.63. The lowest BCUT2D eigenvalue weighted by Crippen LogP contribution is -2.36. The van der Waals surface area contributed by atoms with Crippen LogP contribution in [0.1, 0.15) is 13.8 Å². The second-order valence-electron chi connectivity index (χ2n) is 3.74. The Morgan fingerprint density at radius 2 is 2.36 bits per heavy atom. The van der Waals surface area contributed by atoms with E-state index in [9.17, 15) is 0 Å². The lowest BCUT2D eigenvalue weighted by Gasteiger charge is -2.06. The lowest BCUT2D eigenvalue weighted by molar-refractivity contribution is -0.760. The molecule has 1 aromatic heterocycles. The van der Waals surface area contributed by atoms with Gasteiger partial charge in [-0.1, -0.05) is 13.8 Å². The summed E-state index contributed by atoms with van der Waals surface area (Å²) in [5.74, 6) is 1.65. The predicted molar refractivity (Wildman–Crippen MR) is 43.0 cm³/mol. The van der Waals surface area contributed by atoms with Gasteiger partial charge in [-0.3, -0.25) is 0 Å². The summed E-state index contributed by atoms with van der Waals surface area (Å²) < 4.78 is 4.59. The first kappa shape index (κ1) is 6.89. The van der Waals surface area contributed by atoms with Gasteiger partial charge in [0.05, 0.1) is 12.7 Å². The van der Waals surface area contributed by atoms with Gasteiger partial charge in [0.1, 0.15) is 0 Å². The molecular weight excluding hydrogens is 136 g/mol. The zero-order chi connectivity index (χ0) is 7.84. The van der Waals surface area contributed by atoms with Gasteiger partial charge in [-0.2, -0.15) is 4.68 Å². The van der Waals surface area contributed by atoms with Crippen LogP contribution < -0.4 is 4.68 Å². The molecular formula is C9H15N2+. The summed E-state index contributed by atoms with van der Waals surface area (Å²) in [7, 11) is 0. The number of nitrogens with zero attached hydrogens (tertiary/aromatic N) is 2. The standard InChI is InChI=1S/C9H15N2/c1-8(2)9-6-10-4-3-5-11(10)7-9/h3-5,8-9H,6-7H2,1-2H3/q+1. The quantitative estimate of drug-likeness (QED) is 0.531. The zero-order valence-corrected chi connectivity index (χ0v) is 7.20. The van der Waals surface area contributed by atoms with Crippen LogP contribution in [0.4, 0.5) is 0 Å². The van der Waals surface area contributed by atoms with Crippen LogP contribution in [-0.4, -0.2) is 4.68 Å². The largest absolute Gasteiger partial charge is 0.195 e. The first-order valence-electron chi connectivity index (χ1n) is 4.32. The molecule has 2 heteroatoms. The van der Waals surface area contributed by atoms with Crippen molar-refractivity contribution in [1.29, 1.82) is 0 Å². The van der Waals surface area contributed by atoms with E-state index in [1.54, 1.807) is 0 Å². The molecule has 1 aliphatic heterocycles. The molecule has 0 radical (unpaired) electrons. The van der Waals surface area contributed by atoms with Crippen LogP contribution in [-0.2, 0) is 13.1 Å². The fraction of sp³-hybridized carbons (Fsp3) is 0.667. The zero-order valence-electron chi connectivity index (χ0n) is 7.20. The van der Waals surface area contributed by atoms with Crippen LogP contribution in [0.2, 0.25) is 0 Å². The van der Waals surface area contributed by atoms with E-state index < -0.39 is 0 Å². The molecule has 0 atom stereocenters. The maximum absolute atomic E-state index is 2.30. The molecule has 0 amide bonds. The van der Waals surface area contributed by atoms with Crippen molar-refractivity contribution in [1.82, 2.24) is 4.68 Å². The second kappa shape index (κ2) is 2.36. The minimum absolute atomic E-state index is 0.808. The average Bonchev–Trinajstić information content (AvgIpc) is 2.40. The maximum Gasteiger partial charge on any atom is 0.195 e. The maximum atomic E-state index is 2.30. The summed E-state index contributed by atoms with van der Waals surface area (Å²) >= 11 is 0. The third kappa shape index (κ3) is 1.06. The van der Waals surface area contributed by atoms with E-state index in [1.165, 1.54) is 13.1 Å². The number of hydrogen-bond acceptors (Lipinski definition) is 0. The fourth-order valence-corrected chi connectivity index (χ4v) is 1.70.